The molecule has 1 N–H and O–H groups in total. The Morgan fingerprint density at radius 2 is 2.10 bits per heavy atom. The van der Waals surface area contributed by atoms with E-state index in [1.165, 1.54) is 19.3 Å². The number of hydrogen-bond acceptors (Lipinski definition) is 2. The molecule has 0 amide bonds. The molecule has 2 rings (SSSR count). The Bertz CT molecular complexity index is 99.8. The lowest BCUT2D eigenvalue weighted by molar-refractivity contribution is 0.0200. The molecule has 0 aromatic rings. The van der Waals surface area contributed by atoms with Gasteiger partial charge in [0, 0.05) is 6.54 Å². The van der Waals surface area contributed by atoms with E-state index in [-0.39, 0.29) is 12.4 Å². The van der Waals surface area contributed by atoms with Gasteiger partial charge in [0.2, 0.25) is 0 Å². The third-order valence-electron chi connectivity index (χ3n) is 2.32. The molecule has 1 atom stereocenters. The van der Waals surface area contributed by atoms with Gasteiger partial charge in [-0.3, -0.25) is 5.32 Å². The van der Waals surface area contributed by atoms with Gasteiger partial charge >= 0.3 is 0 Å². The summed E-state index contributed by atoms with van der Waals surface area (Å²) in [6.07, 6.45) is 4.57. The van der Waals surface area contributed by atoms with Crippen molar-refractivity contribution in [1.29, 1.82) is 0 Å². The van der Waals surface area contributed by atoms with Crippen LogP contribution in [0.4, 0.5) is 0 Å². The third-order valence-corrected chi connectivity index (χ3v) is 2.32. The molecule has 1 aliphatic carbocycles. The monoisotopic (exact) mass is 163 g/mol. The fourth-order valence-corrected chi connectivity index (χ4v) is 1.49. The molecule has 1 saturated heterocycles. The molecular weight excluding hydrogens is 150 g/mol. The smallest absolute Gasteiger partial charge is 0.111 e. The van der Waals surface area contributed by atoms with Crippen LogP contribution in [0.5, 0.6) is 0 Å². The zero-order chi connectivity index (χ0) is 6.10. The molecule has 0 aromatic carbocycles. The van der Waals surface area contributed by atoms with Crippen LogP contribution >= 0.6 is 12.4 Å². The number of hydrogen-bond donors (Lipinski definition) is 1. The Balaban J connectivity index is 0.000000500. The molecule has 2 nitrogen and oxygen atoms in total. The SMILES string of the molecule is C1CC(C2NCCO2)C1.Cl. The lowest BCUT2D eigenvalue weighted by Gasteiger charge is -2.30. The molecule has 3 heteroatoms. The van der Waals surface area contributed by atoms with E-state index in [2.05, 4.69) is 5.32 Å². The maximum Gasteiger partial charge on any atom is 0.111 e. The van der Waals surface area contributed by atoms with Gasteiger partial charge in [-0.15, -0.1) is 12.4 Å². The minimum Gasteiger partial charge on any atom is -0.362 e. The molecule has 1 aliphatic heterocycles. The first-order valence-electron chi connectivity index (χ1n) is 3.82. The summed E-state index contributed by atoms with van der Waals surface area (Å²) in [5.41, 5.74) is 0. The van der Waals surface area contributed by atoms with E-state index in [0.29, 0.717) is 6.23 Å². The van der Waals surface area contributed by atoms with Crippen LogP contribution < -0.4 is 5.32 Å². The molecular formula is C7H14ClNO. The van der Waals surface area contributed by atoms with Gasteiger partial charge in [-0.1, -0.05) is 6.42 Å². The fraction of sp³-hybridized carbons (Fsp3) is 1.00. The zero-order valence-electron chi connectivity index (χ0n) is 6.01. The second kappa shape index (κ2) is 3.56. The van der Waals surface area contributed by atoms with E-state index in [9.17, 15) is 0 Å². The summed E-state index contributed by atoms with van der Waals surface area (Å²) in [7, 11) is 0. The maximum atomic E-state index is 5.45. The Hall–Kier alpha value is 0.210. The first kappa shape index (κ1) is 8.31. The first-order valence-corrected chi connectivity index (χ1v) is 3.82. The predicted octanol–water partition coefficient (Wildman–Crippen LogP) is 1.15. The molecule has 10 heavy (non-hydrogen) atoms. The zero-order valence-corrected chi connectivity index (χ0v) is 6.82. The molecule has 1 heterocycles. The van der Waals surface area contributed by atoms with E-state index >= 15 is 0 Å². The van der Waals surface area contributed by atoms with Gasteiger partial charge < -0.3 is 4.74 Å². The lowest BCUT2D eigenvalue weighted by Crippen LogP contribution is -2.35. The molecule has 0 aromatic heterocycles. The molecule has 1 unspecified atom stereocenters. The quantitative estimate of drug-likeness (QED) is 0.627. The number of ether oxygens (including phenoxy) is 1. The number of nitrogens with one attached hydrogen (secondary N) is 1. The van der Waals surface area contributed by atoms with Crippen LogP contribution in [0.15, 0.2) is 0 Å². The van der Waals surface area contributed by atoms with Crippen molar-refractivity contribution in [3.63, 3.8) is 0 Å². The highest BCUT2D eigenvalue weighted by Gasteiger charge is 2.29. The summed E-state index contributed by atoms with van der Waals surface area (Å²) in [4.78, 5) is 0. The lowest BCUT2D eigenvalue weighted by atomic mass is 9.84. The highest BCUT2D eigenvalue weighted by molar-refractivity contribution is 5.85. The topological polar surface area (TPSA) is 21.3 Å². The molecule has 0 bridgehead atoms. The minimum absolute atomic E-state index is 0. The third kappa shape index (κ3) is 1.44. The summed E-state index contributed by atoms with van der Waals surface area (Å²) in [5.74, 6) is 0.840. The van der Waals surface area contributed by atoms with Crippen LogP contribution in [0.1, 0.15) is 19.3 Å². The fourth-order valence-electron chi connectivity index (χ4n) is 1.49. The number of rotatable bonds is 1. The van der Waals surface area contributed by atoms with Crippen molar-refractivity contribution < 1.29 is 4.74 Å². The first-order chi connectivity index (χ1) is 4.47. The van der Waals surface area contributed by atoms with Gasteiger partial charge in [0.1, 0.15) is 6.23 Å². The van der Waals surface area contributed by atoms with Crippen molar-refractivity contribution >= 4 is 12.4 Å². The van der Waals surface area contributed by atoms with Crippen molar-refractivity contribution in [1.82, 2.24) is 5.32 Å². The van der Waals surface area contributed by atoms with E-state index in [1.807, 2.05) is 0 Å². The summed E-state index contributed by atoms with van der Waals surface area (Å²) in [6, 6.07) is 0. The van der Waals surface area contributed by atoms with E-state index < -0.39 is 0 Å². The van der Waals surface area contributed by atoms with Gasteiger partial charge in [0.25, 0.3) is 0 Å². The van der Waals surface area contributed by atoms with Crippen LogP contribution in [0, 0.1) is 5.92 Å². The van der Waals surface area contributed by atoms with Crippen molar-refractivity contribution in [3.05, 3.63) is 0 Å². The van der Waals surface area contributed by atoms with Crippen molar-refractivity contribution in [2.45, 2.75) is 25.5 Å². The van der Waals surface area contributed by atoms with Crippen molar-refractivity contribution in [3.8, 4) is 0 Å². The second-order valence-electron chi connectivity index (χ2n) is 2.94. The summed E-state index contributed by atoms with van der Waals surface area (Å²) in [5, 5.41) is 3.34. The van der Waals surface area contributed by atoms with E-state index in [0.717, 1.165) is 19.1 Å². The average Bonchev–Trinajstić information content (AvgIpc) is 2.11. The van der Waals surface area contributed by atoms with Gasteiger partial charge in [-0.05, 0) is 18.8 Å². The van der Waals surface area contributed by atoms with Crippen LogP contribution in [0.3, 0.4) is 0 Å². The largest absolute Gasteiger partial charge is 0.362 e. The highest BCUT2D eigenvalue weighted by Crippen LogP contribution is 2.30. The summed E-state index contributed by atoms with van der Waals surface area (Å²) < 4.78 is 5.45. The van der Waals surface area contributed by atoms with Crippen molar-refractivity contribution in [2.24, 2.45) is 5.92 Å². The highest BCUT2D eigenvalue weighted by atomic mass is 35.5. The second-order valence-corrected chi connectivity index (χ2v) is 2.94. The van der Waals surface area contributed by atoms with Gasteiger partial charge in [0.15, 0.2) is 0 Å². The molecule has 2 fully saturated rings. The Labute approximate surface area is 67.7 Å². The predicted molar refractivity (Wildman–Crippen MR) is 42.3 cm³/mol. The van der Waals surface area contributed by atoms with Crippen LogP contribution in [-0.4, -0.2) is 19.4 Å². The van der Waals surface area contributed by atoms with Crippen LogP contribution in [0.25, 0.3) is 0 Å². The van der Waals surface area contributed by atoms with Crippen LogP contribution in [-0.2, 0) is 4.74 Å². The molecule has 2 aliphatic rings. The Morgan fingerprint density at radius 3 is 2.50 bits per heavy atom. The normalized spacial score (nSPS) is 33.0. The van der Waals surface area contributed by atoms with E-state index in [1.54, 1.807) is 0 Å². The van der Waals surface area contributed by atoms with E-state index in [4.69, 9.17) is 4.74 Å². The van der Waals surface area contributed by atoms with Gasteiger partial charge in [-0.25, -0.2) is 0 Å². The average molecular weight is 164 g/mol. The van der Waals surface area contributed by atoms with Gasteiger partial charge in [-0.2, -0.15) is 0 Å². The molecule has 0 radical (unpaired) electrons. The minimum atomic E-state index is 0. The molecule has 0 spiro atoms. The summed E-state index contributed by atoms with van der Waals surface area (Å²) in [6.45, 7) is 1.97. The molecule has 1 saturated carbocycles. The Kier molecular flexibility index (Phi) is 2.96. The summed E-state index contributed by atoms with van der Waals surface area (Å²) >= 11 is 0. The van der Waals surface area contributed by atoms with Gasteiger partial charge in [0.05, 0.1) is 6.61 Å². The standard InChI is InChI=1S/C7H13NO.ClH/c1-2-6(3-1)7-8-4-5-9-7;/h6-8H,1-5H2;1H. The maximum absolute atomic E-state index is 5.45. The van der Waals surface area contributed by atoms with Crippen molar-refractivity contribution in [2.75, 3.05) is 13.2 Å². The Morgan fingerprint density at radius 1 is 1.30 bits per heavy atom. The van der Waals surface area contributed by atoms with Crippen LogP contribution in [0.2, 0.25) is 0 Å². The molecule has 60 valence electrons. The number of halogens is 1.